The van der Waals surface area contributed by atoms with Crippen molar-refractivity contribution in [1.29, 1.82) is 0 Å². The lowest BCUT2D eigenvalue weighted by Gasteiger charge is -2.16. The number of aryl methyl sites for hydroxylation is 1. The van der Waals surface area contributed by atoms with Gasteiger partial charge in [0.15, 0.2) is 0 Å². The van der Waals surface area contributed by atoms with E-state index in [9.17, 15) is 4.79 Å². The maximum absolute atomic E-state index is 11.4. The molecule has 0 heterocycles. The number of rotatable bonds is 5. The third-order valence-electron chi connectivity index (χ3n) is 2.43. The molecule has 0 spiro atoms. The highest BCUT2D eigenvalue weighted by Crippen LogP contribution is 2.11. The van der Waals surface area contributed by atoms with Gasteiger partial charge in [0.25, 0.3) is 0 Å². The first-order valence-corrected chi connectivity index (χ1v) is 5.99. The van der Waals surface area contributed by atoms with Crippen molar-refractivity contribution in [2.24, 2.45) is 5.92 Å². The number of carbonyl (C=O) groups is 1. The van der Waals surface area contributed by atoms with Crippen LogP contribution in [0.5, 0.6) is 5.75 Å². The van der Waals surface area contributed by atoms with Crippen molar-refractivity contribution in [1.82, 2.24) is 5.32 Å². The fourth-order valence-corrected chi connectivity index (χ4v) is 1.31. The maximum Gasteiger partial charge on any atom is 0.222 e. The lowest BCUT2D eigenvalue weighted by molar-refractivity contribution is -0.124. The van der Waals surface area contributed by atoms with E-state index in [1.54, 1.807) is 0 Å². The van der Waals surface area contributed by atoms with Gasteiger partial charge in [-0.15, -0.1) is 0 Å². The second-order valence-electron chi connectivity index (χ2n) is 4.69. The van der Waals surface area contributed by atoms with Crippen LogP contribution < -0.4 is 10.1 Å². The van der Waals surface area contributed by atoms with Gasteiger partial charge in [0.05, 0.1) is 6.04 Å². The van der Waals surface area contributed by atoms with Gasteiger partial charge in [-0.25, -0.2) is 0 Å². The Bertz CT molecular complexity index is 357. The Hall–Kier alpha value is -1.51. The van der Waals surface area contributed by atoms with E-state index in [0.717, 1.165) is 5.75 Å². The molecule has 17 heavy (non-hydrogen) atoms. The van der Waals surface area contributed by atoms with Gasteiger partial charge in [-0.05, 0) is 26.0 Å². The third-order valence-corrected chi connectivity index (χ3v) is 2.43. The van der Waals surface area contributed by atoms with Crippen LogP contribution in [0.1, 0.15) is 26.3 Å². The average molecular weight is 235 g/mol. The van der Waals surface area contributed by atoms with E-state index < -0.39 is 0 Å². The van der Waals surface area contributed by atoms with Crippen molar-refractivity contribution in [3.8, 4) is 5.75 Å². The predicted octanol–water partition coefficient (Wildman–Crippen LogP) is 2.53. The van der Waals surface area contributed by atoms with Crippen LogP contribution >= 0.6 is 0 Å². The summed E-state index contributed by atoms with van der Waals surface area (Å²) >= 11 is 0. The summed E-state index contributed by atoms with van der Waals surface area (Å²) in [4.78, 5) is 11.4. The first-order valence-electron chi connectivity index (χ1n) is 5.99. The number of benzene rings is 1. The van der Waals surface area contributed by atoms with Crippen molar-refractivity contribution in [2.45, 2.75) is 33.7 Å². The number of hydrogen-bond donors (Lipinski definition) is 1. The van der Waals surface area contributed by atoms with Crippen LogP contribution in [0.15, 0.2) is 24.3 Å². The Morgan fingerprint density at radius 1 is 1.24 bits per heavy atom. The van der Waals surface area contributed by atoms with Crippen molar-refractivity contribution < 1.29 is 9.53 Å². The number of nitrogens with one attached hydrogen (secondary N) is 1. The molecular weight excluding hydrogens is 214 g/mol. The fraction of sp³-hybridized carbons (Fsp3) is 0.500. The van der Waals surface area contributed by atoms with Gasteiger partial charge in [-0.3, -0.25) is 4.79 Å². The van der Waals surface area contributed by atoms with Gasteiger partial charge >= 0.3 is 0 Å². The maximum atomic E-state index is 11.4. The molecule has 0 bridgehead atoms. The molecule has 0 aliphatic carbocycles. The molecule has 0 aliphatic heterocycles. The Morgan fingerprint density at radius 3 is 2.35 bits per heavy atom. The molecule has 0 saturated carbocycles. The van der Waals surface area contributed by atoms with Crippen LogP contribution in [-0.4, -0.2) is 18.6 Å². The minimum Gasteiger partial charge on any atom is -0.491 e. The summed E-state index contributed by atoms with van der Waals surface area (Å²) in [6.07, 6.45) is 0. The summed E-state index contributed by atoms with van der Waals surface area (Å²) in [5.41, 5.74) is 1.21. The summed E-state index contributed by atoms with van der Waals surface area (Å²) < 4.78 is 5.59. The minimum absolute atomic E-state index is 0.0109. The molecule has 1 unspecified atom stereocenters. The van der Waals surface area contributed by atoms with Crippen molar-refractivity contribution in [2.75, 3.05) is 6.61 Å². The molecule has 0 saturated heterocycles. The van der Waals surface area contributed by atoms with Crippen LogP contribution in [0.3, 0.4) is 0 Å². The Kier molecular flexibility index (Phi) is 5.01. The SMILES string of the molecule is Cc1ccc(OCC(C)NC(=O)C(C)C)cc1. The third kappa shape index (κ3) is 4.89. The van der Waals surface area contributed by atoms with E-state index in [2.05, 4.69) is 5.32 Å². The summed E-state index contributed by atoms with van der Waals surface area (Å²) in [7, 11) is 0. The lowest BCUT2D eigenvalue weighted by atomic mass is 10.2. The zero-order valence-electron chi connectivity index (χ0n) is 11.0. The largest absolute Gasteiger partial charge is 0.491 e. The highest BCUT2D eigenvalue weighted by Gasteiger charge is 2.10. The van der Waals surface area contributed by atoms with Crippen LogP contribution in [-0.2, 0) is 4.79 Å². The standard InChI is InChI=1S/C14H21NO2/c1-10(2)14(16)15-12(4)9-17-13-7-5-11(3)6-8-13/h5-8,10,12H,9H2,1-4H3,(H,15,16). The molecule has 1 aromatic carbocycles. The molecule has 94 valence electrons. The molecule has 1 aromatic rings. The molecule has 0 aromatic heterocycles. The Labute approximate surface area is 103 Å². The van der Waals surface area contributed by atoms with Gasteiger partial charge in [-0.2, -0.15) is 0 Å². The Morgan fingerprint density at radius 2 is 1.82 bits per heavy atom. The fourth-order valence-electron chi connectivity index (χ4n) is 1.31. The number of amides is 1. The van der Waals surface area contributed by atoms with Gasteiger partial charge < -0.3 is 10.1 Å². The average Bonchev–Trinajstić information content (AvgIpc) is 2.28. The normalized spacial score (nSPS) is 12.3. The second-order valence-corrected chi connectivity index (χ2v) is 4.69. The van der Waals surface area contributed by atoms with Crippen LogP contribution in [0.4, 0.5) is 0 Å². The van der Waals surface area contributed by atoms with Gasteiger partial charge in [-0.1, -0.05) is 31.5 Å². The van der Waals surface area contributed by atoms with Gasteiger partial charge in [0.1, 0.15) is 12.4 Å². The molecule has 0 aliphatic rings. The number of hydrogen-bond acceptors (Lipinski definition) is 2. The quantitative estimate of drug-likeness (QED) is 0.851. The molecule has 0 radical (unpaired) electrons. The van der Waals surface area contributed by atoms with Crippen LogP contribution in [0.25, 0.3) is 0 Å². The topological polar surface area (TPSA) is 38.3 Å². The zero-order chi connectivity index (χ0) is 12.8. The van der Waals surface area contributed by atoms with E-state index >= 15 is 0 Å². The van der Waals surface area contributed by atoms with Crippen LogP contribution in [0, 0.1) is 12.8 Å². The highest BCUT2D eigenvalue weighted by atomic mass is 16.5. The van der Waals surface area contributed by atoms with Gasteiger partial charge in [0, 0.05) is 5.92 Å². The van der Waals surface area contributed by atoms with E-state index in [1.165, 1.54) is 5.56 Å². The van der Waals surface area contributed by atoms with Crippen molar-refractivity contribution in [3.05, 3.63) is 29.8 Å². The van der Waals surface area contributed by atoms with Crippen molar-refractivity contribution in [3.63, 3.8) is 0 Å². The van der Waals surface area contributed by atoms with E-state index in [4.69, 9.17) is 4.74 Å². The molecule has 3 heteroatoms. The molecule has 3 nitrogen and oxygen atoms in total. The molecule has 0 fully saturated rings. The Balaban J connectivity index is 2.35. The van der Waals surface area contributed by atoms with Crippen LogP contribution in [0.2, 0.25) is 0 Å². The predicted molar refractivity (Wildman–Crippen MR) is 69.1 cm³/mol. The lowest BCUT2D eigenvalue weighted by Crippen LogP contribution is -2.39. The molecule has 1 N–H and O–H groups in total. The smallest absolute Gasteiger partial charge is 0.222 e. The second kappa shape index (κ2) is 6.28. The molecule has 1 amide bonds. The monoisotopic (exact) mass is 235 g/mol. The zero-order valence-corrected chi connectivity index (χ0v) is 11.0. The van der Waals surface area contributed by atoms with E-state index in [0.29, 0.717) is 6.61 Å². The summed E-state index contributed by atoms with van der Waals surface area (Å²) in [5, 5.41) is 2.90. The number of ether oxygens (including phenoxy) is 1. The first kappa shape index (κ1) is 13.6. The van der Waals surface area contributed by atoms with Gasteiger partial charge in [0.2, 0.25) is 5.91 Å². The first-order chi connectivity index (χ1) is 7.99. The highest BCUT2D eigenvalue weighted by molar-refractivity contribution is 5.78. The minimum atomic E-state index is 0.0109. The summed E-state index contributed by atoms with van der Waals surface area (Å²) in [5.74, 6) is 0.906. The molecule has 1 atom stereocenters. The summed E-state index contributed by atoms with van der Waals surface area (Å²) in [6, 6.07) is 7.91. The van der Waals surface area contributed by atoms with Crippen molar-refractivity contribution >= 4 is 5.91 Å². The molecule has 1 rings (SSSR count). The molecular formula is C14H21NO2. The number of carbonyl (C=O) groups excluding carboxylic acids is 1. The summed E-state index contributed by atoms with van der Waals surface area (Å²) in [6.45, 7) is 8.22. The van der Waals surface area contributed by atoms with E-state index in [-0.39, 0.29) is 17.9 Å². The van der Waals surface area contributed by atoms with E-state index in [1.807, 2.05) is 52.0 Å².